The lowest BCUT2D eigenvalue weighted by atomic mass is 9.85. The number of aliphatic imine (C=N–C) groups is 1. The maximum Gasteiger partial charge on any atom is 0.299 e. The molecule has 3 aliphatic rings. The highest BCUT2D eigenvalue weighted by atomic mass is 16.2. The molecular weight excluding hydrogens is 354 g/mol. The molecule has 1 aromatic carbocycles. The predicted octanol–water partition coefficient (Wildman–Crippen LogP) is 2.53. The van der Waals surface area contributed by atoms with Crippen LogP contribution in [0.4, 0.5) is 0 Å². The molecule has 0 fully saturated rings. The Morgan fingerprint density at radius 2 is 2.07 bits per heavy atom. The van der Waals surface area contributed by atoms with Crippen LogP contribution < -0.4 is 5.32 Å². The lowest BCUT2D eigenvalue weighted by molar-refractivity contribution is -0.117. The summed E-state index contributed by atoms with van der Waals surface area (Å²) in [5, 5.41) is 11.3. The number of fused-ring (bicyclic) bond motifs is 2. The van der Waals surface area contributed by atoms with Gasteiger partial charge in [-0.1, -0.05) is 24.3 Å². The van der Waals surface area contributed by atoms with Crippen LogP contribution in [0.1, 0.15) is 29.8 Å². The molecule has 0 saturated heterocycles. The minimum absolute atomic E-state index is 0.0261. The maximum absolute atomic E-state index is 12.5. The number of para-hydroxylation sites is 1. The molecule has 0 bridgehead atoms. The molecule has 5 rings (SSSR count). The summed E-state index contributed by atoms with van der Waals surface area (Å²) < 4.78 is 0. The Morgan fingerprint density at radius 3 is 2.93 bits per heavy atom. The molecule has 0 spiro atoms. The second-order valence-corrected chi connectivity index (χ2v) is 6.94. The molecule has 28 heavy (non-hydrogen) atoms. The van der Waals surface area contributed by atoms with Gasteiger partial charge in [-0.05, 0) is 49.1 Å². The van der Waals surface area contributed by atoms with Crippen LogP contribution in [0.25, 0.3) is 5.69 Å². The van der Waals surface area contributed by atoms with E-state index in [0.717, 1.165) is 36.2 Å². The van der Waals surface area contributed by atoms with E-state index in [4.69, 9.17) is 0 Å². The monoisotopic (exact) mass is 371 g/mol. The van der Waals surface area contributed by atoms with Crippen LogP contribution in [0, 0.1) is 5.92 Å². The first-order chi connectivity index (χ1) is 13.7. The molecule has 2 aliphatic carbocycles. The Kier molecular flexibility index (Phi) is 3.86. The fraction of sp³-hybridized carbons (Fsp3) is 0.190. The third kappa shape index (κ3) is 2.81. The highest BCUT2D eigenvalue weighted by Crippen LogP contribution is 2.39. The molecule has 2 heterocycles. The first-order valence-corrected chi connectivity index (χ1v) is 9.23. The van der Waals surface area contributed by atoms with Gasteiger partial charge in [0.05, 0.1) is 17.6 Å². The number of carbonyl (C=O) groups excluding carboxylic acids is 2. The first kappa shape index (κ1) is 16.6. The van der Waals surface area contributed by atoms with Gasteiger partial charge < -0.3 is 5.32 Å². The summed E-state index contributed by atoms with van der Waals surface area (Å²) in [4.78, 5) is 30.3. The summed E-state index contributed by atoms with van der Waals surface area (Å²) >= 11 is 0. The molecule has 7 heteroatoms. The summed E-state index contributed by atoms with van der Waals surface area (Å²) in [6.07, 6.45) is 9.81. The van der Waals surface area contributed by atoms with Crippen LogP contribution in [0.5, 0.6) is 0 Å². The third-order valence-electron chi connectivity index (χ3n) is 5.19. The fourth-order valence-electron chi connectivity index (χ4n) is 3.88. The average Bonchev–Trinajstić information content (AvgIpc) is 3.39. The zero-order chi connectivity index (χ0) is 19.1. The first-order valence-electron chi connectivity index (χ1n) is 9.23. The van der Waals surface area contributed by atoms with Crippen LogP contribution >= 0.6 is 0 Å². The zero-order valence-corrected chi connectivity index (χ0v) is 15.0. The van der Waals surface area contributed by atoms with Crippen molar-refractivity contribution < 1.29 is 9.59 Å². The normalized spacial score (nSPS) is 22.0. The quantitative estimate of drug-likeness (QED) is 0.878. The lowest BCUT2D eigenvalue weighted by Gasteiger charge is -2.28. The van der Waals surface area contributed by atoms with Gasteiger partial charge >= 0.3 is 0 Å². The van der Waals surface area contributed by atoms with E-state index in [-0.39, 0.29) is 17.5 Å². The summed E-state index contributed by atoms with van der Waals surface area (Å²) in [5.74, 6) is -0.412. The summed E-state index contributed by atoms with van der Waals surface area (Å²) in [5.41, 5.74) is 4.32. The van der Waals surface area contributed by atoms with Crippen molar-refractivity contribution in [1.82, 2.24) is 20.3 Å². The maximum atomic E-state index is 12.5. The Bertz CT molecular complexity index is 1100. The van der Waals surface area contributed by atoms with Crippen LogP contribution in [0.2, 0.25) is 0 Å². The van der Waals surface area contributed by atoms with E-state index in [2.05, 4.69) is 20.5 Å². The number of carbonyl (C=O) groups is 2. The number of benzene rings is 1. The van der Waals surface area contributed by atoms with Crippen LogP contribution in [0.3, 0.4) is 0 Å². The minimum atomic E-state index is -0.472. The molecule has 138 valence electrons. The van der Waals surface area contributed by atoms with Gasteiger partial charge in [0.2, 0.25) is 0 Å². The Hall–Kier alpha value is -3.61. The standard InChI is InChI=1S/C21H17N5O2/c27-20-17-8-4-7-15(17)16-10-9-13(11-18(16)24-20)23-21(28)19-12-22-26(25-19)14-5-2-1-3-6-14/h1-3,5-6,9-12,16H,4,7-8H2,(H,24,27). The predicted molar refractivity (Wildman–Crippen MR) is 103 cm³/mol. The SMILES string of the molecule is O=C1NC2=CC(=NC(=O)c3cnn(-c4ccccc4)n3)C=CC2C2=C1CCC2. The van der Waals surface area contributed by atoms with Crippen molar-refractivity contribution in [2.45, 2.75) is 19.3 Å². The van der Waals surface area contributed by atoms with Gasteiger partial charge in [0, 0.05) is 17.2 Å². The molecule has 0 radical (unpaired) electrons. The molecule has 0 saturated carbocycles. The van der Waals surface area contributed by atoms with Crippen molar-refractivity contribution in [3.8, 4) is 5.69 Å². The molecule has 1 N–H and O–H groups in total. The van der Waals surface area contributed by atoms with Gasteiger partial charge in [0.25, 0.3) is 11.8 Å². The van der Waals surface area contributed by atoms with E-state index in [1.54, 1.807) is 6.08 Å². The number of hydrogen-bond acceptors (Lipinski definition) is 4. The van der Waals surface area contributed by atoms with Crippen molar-refractivity contribution in [1.29, 1.82) is 0 Å². The van der Waals surface area contributed by atoms with Gasteiger partial charge in [-0.15, -0.1) is 5.10 Å². The number of aromatic nitrogens is 3. The Balaban J connectivity index is 1.39. The fourth-order valence-corrected chi connectivity index (χ4v) is 3.88. The van der Waals surface area contributed by atoms with Gasteiger partial charge in [-0.3, -0.25) is 9.59 Å². The van der Waals surface area contributed by atoms with Crippen LogP contribution in [-0.4, -0.2) is 32.5 Å². The summed E-state index contributed by atoms with van der Waals surface area (Å²) in [7, 11) is 0. The van der Waals surface area contributed by atoms with Crippen molar-refractivity contribution in [3.05, 3.63) is 77.3 Å². The third-order valence-corrected chi connectivity index (χ3v) is 5.19. The van der Waals surface area contributed by atoms with E-state index in [9.17, 15) is 9.59 Å². The number of hydrogen-bond donors (Lipinski definition) is 1. The molecule has 1 atom stereocenters. The molecule has 7 nitrogen and oxygen atoms in total. The van der Waals surface area contributed by atoms with Crippen molar-refractivity contribution in [3.63, 3.8) is 0 Å². The topological polar surface area (TPSA) is 89.2 Å². The molecule has 2 amide bonds. The summed E-state index contributed by atoms with van der Waals surface area (Å²) in [6, 6.07) is 9.35. The van der Waals surface area contributed by atoms with Gasteiger partial charge in [-0.2, -0.15) is 9.90 Å². The zero-order valence-electron chi connectivity index (χ0n) is 15.0. The minimum Gasteiger partial charge on any atom is -0.325 e. The average molecular weight is 371 g/mol. The molecular formula is C21H17N5O2. The van der Waals surface area contributed by atoms with E-state index in [0.29, 0.717) is 5.71 Å². The van der Waals surface area contributed by atoms with Gasteiger partial charge in [0.15, 0.2) is 5.69 Å². The second-order valence-electron chi connectivity index (χ2n) is 6.94. The highest BCUT2D eigenvalue weighted by Gasteiger charge is 2.34. The Morgan fingerprint density at radius 1 is 1.21 bits per heavy atom. The largest absolute Gasteiger partial charge is 0.325 e. The van der Waals surface area contributed by atoms with Gasteiger partial charge in [0.1, 0.15) is 0 Å². The second kappa shape index (κ2) is 6.53. The number of allylic oxidation sites excluding steroid dienone is 3. The van der Waals surface area contributed by atoms with E-state index in [1.165, 1.54) is 16.6 Å². The molecule has 1 aromatic heterocycles. The van der Waals surface area contributed by atoms with E-state index >= 15 is 0 Å². The molecule has 1 unspecified atom stereocenters. The highest BCUT2D eigenvalue weighted by molar-refractivity contribution is 6.14. The smallest absolute Gasteiger partial charge is 0.299 e. The summed E-state index contributed by atoms with van der Waals surface area (Å²) in [6.45, 7) is 0. The molecule has 2 aromatic rings. The van der Waals surface area contributed by atoms with Crippen molar-refractivity contribution >= 4 is 17.5 Å². The van der Waals surface area contributed by atoms with Crippen LogP contribution in [0.15, 0.2) is 76.6 Å². The number of nitrogens with zero attached hydrogens (tertiary/aromatic N) is 4. The van der Waals surface area contributed by atoms with Gasteiger partial charge in [-0.25, -0.2) is 4.99 Å². The van der Waals surface area contributed by atoms with Crippen LogP contribution in [-0.2, 0) is 4.79 Å². The van der Waals surface area contributed by atoms with E-state index in [1.807, 2.05) is 42.5 Å². The van der Waals surface area contributed by atoms with E-state index < -0.39 is 5.91 Å². The number of rotatable bonds is 2. The lowest BCUT2D eigenvalue weighted by Crippen LogP contribution is -2.35. The molecule has 1 aliphatic heterocycles. The number of nitrogens with one attached hydrogen (secondary N) is 1. The van der Waals surface area contributed by atoms with Crippen molar-refractivity contribution in [2.24, 2.45) is 10.9 Å². The number of amides is 2. The van der Waals surface area contributed by atoms with Crippen molar-refractivity contribution in [2.75, 3.05) is 0 Å². The Labute approximate surface area is 161 Å².